The molecular formula is C22H40N2O5. The van der Waals surface area contributed by atoms with Crippen molar-refractivity contribution in [2.24, 2.45) is 11.3 Å². The van der Waals surface area contributed by atoms with Crippen LogP contribution in [0.15, 0.2) is 11.6 Å². The number of amides is 2. The van der Waals surface area contributed by atoms with Gasteiger partial charge in [-0.1, -0.05) is 40.7 Å². The molecule has 1 N–H and O–H groups in total. The van der Waals surface area contributed by atoms with E-state index in [-0.39, 0.29) is 24.5 Å². The fourth-order valence-corrected chi connectivity index (χ4v) is 2.75. The van der Waals surface area contributed by atoms with Gasteiger partial charge in [0.1, 0.15) is 11.6 Å². The largest absolute Gasteiger partial charge is 0.463 e. The topological polar surface area (TPSA) is 84.9 Å². The predicted octanol–water partition coefficient (Wildman–Crippen LogP) is 3.92. The van der Waals surface area contributed by atoms with E-state index in [1.165, 1.54) is 0 Å². The summed E-state index contributed by atoms with van der Waals surface area (Å²) >= 11 is 0. The monoisotopic (exact) mass is 412 g/mol. The van der Waals surface area contributed by atoms with Crippen molar-refractivity contribution in [1.82, 2.24) is 10.2 Å². The van der Waals surface area contributed by atoms with Gasteiger partial charge >= 0.3 is 12.1 Å². The van der Waals surface area contributed by atoms with E-state index in [9.17, 15) is 14.4 Å². The molecular weight excluding hydrogens is 372 g/mol. The van der Waals surface area contributed by atoms with E-state index in [0.717, 1.165) is 0 Å². The summed E-state index contributed by atoms with van der Waals surface area (Å²) in [7, 11) is 1.68. The van der Waals surface area contributed by atoms with Crippen molar-refractivity contribution in [3.8, 4) is 0 Å². The highest BCUT2D eigenvalue weighted by Crippen LogP contribution is 2.24. The second-order valence-electron chi connectivity index (χ2n) is 9.70. The molecule has 0 saturated heterocycles. The molecule has 0 aromatic rings. The smallest absolute Gasteiger partial charge is 0.408 e. The van der Waals surface area contributed by atoms with E-state index >= 15 is 0 Å². The van der Waals surface area contributed by atoms with Crippen LogP contribution in [-0.4, -0.2) is 54.2 Å². The zero-order valence-corrected chi connectivity index (χ0v) is 20.0. The van der Waals surface area contributed by atoms with Crippen LogP contribution in [0.5, 0.6) is 0 Å². The lowest BCUT2D eigenvalue weighted by atomic mass is 9.85. The zero-order valence-electron chi connectivity index (χ0n) is 20.0. The fraction of sp³-hybridized carbons (Fsp3) is 0.773. The van der Waals surface area contributed by atoms with Gasteiger partial charge in [0.05, 0.1) is 12.6 Å². The van der Waals surface area contributed by atoms with E-state index in [1.807, 2.05) is 34.6 Å². The third-order valence-electron chi connectivity index (χ3n) is 4.27. The van der Waals surface area contributed by atoms with Crippen LogP contribution in [0.3, 0.4) is 0 Å². The molecule has 0 aromatic heterocycles. The van der Waals surface area contributed by atoms with Crippen LogP contribution >= 0.6 is 0 Å². The number of esters is 1. The Labute approximate surface area is 176 Å². The van der Waals surface area contributed by atoms with E-state index in [0.29, 0.717) is 5.57 Å². The number of hydrogen-bond acceptors (Lipinski definition) is 5. The predicted molar refractivity (Wildman–Crippen MR) is 114 cm³/mol. The van der Waals surface area contributed by atoms with Crippen molar-refractivity contribution in [1.29, 1.82) is 0 Å². The summed E-state index contributed by atoms with van der Waals surface area (Å²) in [6.45, 7) is 18.6. The molecule has 0 radical (unpaired) electrons. The molecule has 0 fully saturated rings. The quantitative estimate of drug-likeness (QED) is 0.506. The van der Waals surface area contributed by atoms with Crippen LogP contribution in [0.2, 0.25) is 0 Å². The van der Waals surface area contributed by atoms with Crippen LogP contribution in [0.4, 0.5) is 4.79 Å². The van der Waals surface area contributed by atoms with Crippen molar-refractivity contribution in [2.75, 3.05) is 13.7 Å². The molecule has 0 aliphatic carbocycles. The van der Waals surface area contributed by atoms with Gasteiger partial charge in [-0.15, -0.1) is 0 Å². The maximum absolute atomic E-state index is 13.3. The Bertz CT molecular complexity index is 612. The molecule has 7 heteroatoms. The van der Waals surface area contributed by atoms with Crippen LogP contribution in [0.1, 0.15) is 69.2 Å². The molecule has 0 bridgehead atoms. The molecule has 0 saturated carbocycles. The first-order valence-electron chi connectivity index (χ1n) is 10.1. The Morgan fingerprint density at radius 1 is 1.07 bits per heavy atom. The van der Waals surface area contributed by atoms with Crippen molar-refractivity contribution in [3.63, 3.8) is 0 Å². The molecule has 2 atom stereocenters. The van der Waals surface area contributed by atoms with Crippen molar-refractivity contribution >= 4 is 18.0 Å². The lowest BCUT2D eigenvalue weighted by Crippen LogP contribution is -2.56. The third-order valence-corrected chi connectivity index (χ3v) is 4.27. The van der Waals surface area contributed by atoms with Gasteiger partial charge in [0, 0.05) is 12.6 Å². The molecule has 29 heavy (non-hydrogen) atoms. The van der Waals surface area contributed by atoms with Crippen LogP contribution < -0.4 is 5.32 Å². The molecule has 0 unspecified atom stereocenters. The Balaban J connectivity index is 5.71. The number of likely N-dealkylation sites (N-methyl/N-ethyl adjacent to an activating group) is 1. The minimum absolute atomic E-state index is 0.0514. The van der Waals surface area contributed by atoms with E-state index in [1.54, 1.807) is 52.6 Å². The lowest BCUT2D eigenvalue weighted by molar-refractivity contribution is -0.139. The first kappa shape index (κ1) is 27.0. The number of hydrogen-bond donors (Lipinski definition) is 1. The number of carbonyl (C=O) groups excluding carboxylic acids is 3. The summed E-state index contributed by atoms with van der Waals surface area (Å²) in [5, 5.41) is 2.72. The second kappa shape index (κ2) is 10.6. The zero-order chi connectivity index (χ0) is 23.2. The van der Waals surface area contributed by atoms with Crippen molar-refractivity contribution in [2.45, 2.75) is 86.9 Å². The van der Waals surface area contributed by atoms with Crippen LogP contribution in [-0.2, 0) is 19.1 Å². The van der Waals surface area contributed by atoms with Gasteiger partial charge < -0.3 is 19.7 Å². The Morgan fingerprint density at radius 2 is 1.59 bits per heavy atom. The summed E-state index contributed by atoms with van der Waals surface area (Å²) in [5.41, 5.74) is -0.761. The van der Waals surface area contributed by atoms with Crippen molar-refractivity contribution in [3.05, 3.63) is 11.6 Å². The number of alkyl carbamates (subject to hydrolysis) is 1. The molecule has 2 amide bonds. The van der Waals surface area contributed by atoms with E-state index < -0.39 is 29.1 Å². The Hall–Kier alpha value is -2.05. The van der Waals surface area contributed by atoms with Gasteiger partial charge in [-0.05, 0) is 46.0 Å². The molecule has 0 aliphatic rings. The Kier molecular flexibility index (Phi) is 9.90. The first-order chi connectivity index (χ1) is 13.0. The maximum atomic E-state index is 13.3. The second-order valence-corrected chi connectivity index (χ2v) is 9.70. The molecule has 0 aromatic carbocycles. The number of ether oxygens (including phenoxy) is 2. The number of carbonyl (C=O) groups is 3. The minimum atomic E-state index is -0.792. The summed E-state index contributed by atoms with van der Waals surface area (Å²) < 4.78 is 10.4. The minimum Gasteiger partial charge on any atom is -0.463 e. The molecule has 0 rings (SSSR count). The van der Waals surface area contributed by atoms with Gasteiger partial charge in [-0.3, -0.25) is 4.79 Å². The summed E-state index contributed by atoms with van der Waals surface area (Å²) in [6.07, 6.45) is 1.10. The number of rotatable bonds is 7. The van der Waals surface area contributed by atoms with Gasteiger partial charge in [0.2, 0.25) is 5.91 Å². The standard InChI is InChI=1S/C22H40N2O5/c1-12-28-19(26)15(4)13-16(14(2)3)24(11)18(25)17(21(5,6)7)23-20(27)29-22(8,9)10/h13-14,16-17H,12H2,1-11H3,(H,23,27)/b15-13+/t16-,17-/m1/s1. The summed E-state index contributed by atoms with van der Waals surface area (Å²) in [6, 6.07) is -1.13. The number of nitrogens with one attached hydrogen (secondary N) is 1. The fourth-order valence-electron chi connectivity index (χ4n) is 2.75. The maximum Gasteiger partial charge on any atom is 0.408 e. The number of nitrogens with zero attached hydrogens (tertiary/aromatic N) is 1. The summed E-state index contributed by atoms with van der Waals surface area (Å²) in [5.74, 6) is -0.608. The molecule has 0 heterocycles. The molecule has 0 aliphatic heterocycles. The van der Waals surface area contributed by atoms with Gasteiger partial charge in [0.15, 0.2) is 0 Å². The highest BCUT2D eigenvalue weighted by molar-refractivity contribution is 5.89. The Morgan fingerprint density at radius 3 is 1.97 bits per heavy atom. The summed E-state index contributed by atoms with van der Waals surface area (Å²) in [4.78, 5) is 39.2. The van der Waals surface area contributed by atoms with Crippen LogP contribution in [0, 0.1) is 11.3 Å². The average Bonchev–Trinajstić information content (AvgIpc) is 2.53. The van der Waals surface area contributed by atoms with E-state index in [2.05, 4.69) is 5.32 Å². The normalized spacial score (nSPS) is 14.8. The molecule has 7 nitrogen and oxygen atoms in total. The molecule has 0 spiro atoms. The van der Waals surface area contributed by atoms with Crippen LogP contribution in [0.25, 0.3) is 0 Å². The highest BCUT2D eigenvalue weighted by Gasteiger charge is 2.38. The van der Waals surface area contributed by atoms with Gasteiger partial charge in [-0.25, -0.2) is 9.59 Å². The average molecular weight is 413 g/mol. The SMILES string of the molecule is CCOC(=O)/C(C)=C/[C@H](C(C)C)N(C)C(=O)[C@@H](NC(=O)OC(C)(C)C)C(C)(C)C. The van der Waals surface area contributed by atoms with Crippen molar-refractivity contribution < 1.29 is 23.9 Å². The highest BCUT2D eigenvalue weighted by atomic mass is 16.6. The first-order valence-corrected chi connectivity index (χ1v) is 10.1. The van der Waals surface area contributed by atoms with Gasteiger partial charge in [-0.2, -0.15) is 0 Å². The lowest BCUT2D eigenvalue weighted by Gasteiger charge is -2.37. The molecule has 168 valence electrons. The third kappa shape index (κ3) is 9.33. The van der Waals surface area contributed by atoms with E-state index in [4.69, 9.17) is 9.47 Å². The van der Waals surface area contributed by atoms with Gasteiger partial charge in [0.25, 0.3) is 0 Å².